The zero-order valence-corrected chi connectivity index (χ0v) is 31.1. The Hall–Kier alpha value is -1.92. The molecule has 0 aromatic heterocycles. The van der Waals surface area contributed by atoms with Crippen LogP contribution < -0.4 is 0 Å². The van der Waals surface area contributed by atoms with Crippen LogP contribution in [0.3, 0.4) is 0 Å². The second-order valence-electron chi connectivity index (χ2n) is 17.6. The van der Waals surface area contributed by atoms with Gasteiger partial charge in [0.15, 0.2) is 0 Å². The molecular formula is C40H66N4O2. The molecular weight excluding hydrogens is 568 g/mol. The first-order chi connectivity index (χ1) is 21.5. The summed E-state index contributed by atoms with van der Waals surface area (Å²) < 4.78 is 0. The first kappa shape index (κ1) is 35.4. The maximum absolute atomic E-state index is 14.6. The average molecular weight is 635 g/mol. The minimum absolute atomic E-state index is 0.0614. The Bertz CT molecular complexity index is 1130. The Morgan fingerprint density at radius 3 is 1.15 bits per heavy atom. The third-order valence-corrected chi connectivity index (χ3v) is 14.6. The molecule has 0 spiro atoms. The highest BCUT2D eigenvalue weighted by Gasteiger charge is 2.53. The van der Waals surface area contributed by atoms with Gasteiger partial charge in [-0.05, 0) is 113 Å². The van der Waals surface area contributed by atoms with E-state index in [1.807, 2.05) is 24.3 Å². The van der Waals surface area contributed by atoms with E-state index in [0.717, 1.165) is 51.6 Å². The van der Waals surface area contributed by atoms with E-state index in [1.165, 1.54) is 38.5 Å². The van der Waals surface area contributed by atoms with E-state index in [-0.39, 0.29) is 45.8 Å². The smallest absolute Gasteiger partial charge is 0.268 e. The third kappa shape index (κ3) is 6.08. The number of hydrogen-bond acceptors (Lipinski definition) is 4. The van der Waals surface area contributed by atoms with Crippen molar-refractivity contribution in [3.63, 3.8) is 0 Å². The summed E-state index contributed by atoms with van der Waals surface area (Å²) in [6.45, 7) is 25.3. The van der Waals surface area contributed by atoms with Crippen molar-refractivity contribution < 1.29 is 9.59 Å². The second-order valence-corrected chi connectivity index (χ2v) is 17.6. The van der Waals surface area contributed by atoms with Gasteiger partial charge in [-0.1, -0.05) is 80.1 Å². The van der Waals surface area contributed by atoms with Crippen molar-refractivity contribution in [1.82, 2.24) is 20.0 Å². The second kappa shape index (κ2) is 13.2. The van der Waals surface area contributed by atoms with Gasteiger partial charge in [0, 0.05) is 47.4 Å². The summed E-state index contributed by atoms with van der Waals surface area (Å²) >= 11 is 0. The number of hydrazine groups is 2. The molecule has 6 heteroatoms. The molecule has 4 aliphatic rings. The SMILES string of the molecule is CC1CCN(N(C(=O)c2ccc(C(=O)N(C3CCCCC3)N3CCC(C)C(C)(C)C3(C)C)cc2)C2CCCCC2)C(C)(C)C1(C)C. The van der Waals surface area contributed by atoms with Crippen molar-refractivity contribution in [2.45, 2.75) is 169 Å². The summed E-state index contributed by atoms with van der Waals surface area (Å²) in [6, 6.07) is 8.18. The number of carbonyl (C=O) groups excluding carboxylic acids is 2. The predicted octanol–water partition coefficient (Wildman–Crippen LogP) is 9.36. The average Bonchev–Trinajstić information content (AvgIpc) is 3.03. The number of nitrogens with zero attached hydrogens (tertiary/aromatic N) is 4. The molecule has 4 fully saturated rings. The van der Waals surface area contributed by atoms with E-state index in [1.54, 1.807) is 0 Å². The molecule has 2 saturated heterocycles. The molecule has 0 N–H and O–H groups in total. The Labute approximate surface area is 281 Å². The highest BCUT2D eigenvalue weighted by atomic mass is 16.2. The van der Waals surface area contributed by atoms with Crippen molar-refractivity contribution in [2.24, 2.45) is 22.7 Å². The molecule has 2 amide bonds. The van der Waals surface area contributed by atoms with Gasteiger partial charge in [0.05, 0.1) is 0 Å². The lowest BCUT2D eigenvalue weighted by Gasteiger charge is -2.60. The van der Waals surface area contributed by atoms with Crippen molar-refractivity contribution >= 4 is 11.8 Å². The van der Waals surface area contributed by atoms with Crippen LogP contribution >= 0.6 is 0 Å². The maximum Gasteiger partial charge on any atom is 0.268 e. The minimum Gasteiger partial charge on any atom is -0.268 e. The lowest BCUT2D eigenvalue weighted by molar-refractivity contribution is -0.177. The first-order valence-corrected chi connectivity index (χ1v) is 18.9. The van der Waals surface area contributed by atoms with E-state index in [2.05, 4.69) is 89.3 Å². The summed E-state index contributed by atoms with van der Waals surface area (Å²) in [4.78, 5) is 29.2. The molecule has 2 aliphatic heterocycles. The summed E-state index contributed by atoms with van der Waals surface area (Å²) in [6.07, 6.45) is 13.6. The summed E-state index contributed by atoms with van der Waals surface area (Å²) in [5.41, 5.74) is 1.16. The monoisotopic (exact) mass is 635 g/mol. The molecule has 0 radical (unpaired) electrons. The molecule has 2 saturated carbocycles. The van der Waals surface area contributed by atoms with Crippen molar-refractivity contribution in [2.75, 3.05) is 13.1 Å². The molecule has 5 rings (SSSR count). The van der Waals surface area contributed by atoms with E-state index >= 15 is 0 Å². The lowest BCUT2D eigenvalue weighted by Crippen LogP contribution is -2.68. The fourth-order valence-electron chi connectivity index (χ4n) is 9.15. The lowest BCUT2D eigenvalue weighted by atomic mass is 9.63. The zero-order chi connectivity index (χ0) is 33.7. The topological polar surface area (TPSA) is 47.1 Å². The Kier molecular flexibility index (Phi) is 10.1. The van der Waals surface area contributed by atoms with Crippen molar-refractivity contribution in [1.29, 1.82) is 0 Å². The molecule has 2 atom stereocenters. The fourth-order valence-corrected chi connectivity index (χ4v) is 9.15. The van der Waals surface area contributed by atoms with Crippen LogP contribution in [-0.4, -0.2) is 68.1 Å². The minimum atomic E-state index is -0.166. The number of amides is 2. The predicted molar refractivity (Wildman–Crippen MR) is 189 cm³/mol. The van der Waals surface area contributed by atoms with Gasteiger partial charge in [-0.15, -0.1) is 0 Å². The molecule has 6 nitrogen and oxygen atoms in total. The normalized spacial score (nSPS) is 28.8. The molecule has 2 heterocycles. The number of piperidine rings is 2. The Balaban J connectivity index is 1.45. The number of benzene rings is 1. The molecule has 2 aliphatic carbocycles. The quantitative estimate of drug-likeness (QED) is 0.313. The summed E-state index contributed by atoms with van der Waals surface area (Å²) in [7, 11) is 0. The van der Waals surface area contributed by atoms with E-state index in [4.69, 9.17) is 0 Å². The highest BCUT2D eigenvalue weighted by molar-refractivity contribution is 5.98. The van der Waals surface area contributed by atoms with Crippen LogP contribution in [0.25, 0.3) is 0 Å². The molecule has 258 valence electrons. The zero-order valence-electron chi connectivity index (χ0n) is 31.1. The number of rotatable bonds is 6. The molecule has 2 unspecified atom stereocenters. The number of carbonyl (C=O) groups is 2. The van der Waals surface area contributed by atoms with Gasteiger partial charge in [-0.2, -0.15) is 0 Å². The Morgan fingerprint density at radius 1 is 0.543 bits per heavy atom. The first-order valence-electron chi connectivity index (χ1n) is 18.9. The van der Waals surface area contributed by atoms with Crippen LogP contribution in [0.4, 0.5) is 0 Å². The standard InChI is InChI=1S/C40H66N4O2/c1-29-25-27-41(39(7,8)37(29,3)4)43(33-17-13-11-14-18-33)35(45)31-21-23-32(24-22-31)36(46)44(34-19-15-12-16-20-34)42-28-26-30(2)38(5,6)40(42,9)10/h21-24,29-30,33-34H,11-20,25-28H2,1-10H3. The van der Waals surface area contributed by atoms with E-state index in [9.17, 15) is 9.59 Å². The van der Waals surface area contributed by atoms with Crippen LogP contribution in [0.5, 0.6) is 0 Å². The van der Waals surface area contributed by atoms with Gasteiger partial charge in [-0.3, -0.25) is 19.6 Å². The van der Waals surface area contributed by atoms with E-state index < -0.39 is 0 Å². The van der Waals surface area contributed by atoms with Crippen molar-refractivity contribution in [3.8, 4) is 0 Å². The molecule has 0 bridgehead atoms. The largest absolute Gasteiger partial charge is 0.268 e. The van der Waals surface area contributed by atoms with Gasteiger partial charge in [0.25, 0.3) is 11.8 Å². The van der Waals surface area contributed by atoms with Crippen LogP contribution in [0, 0.1) is 22.7 Å². The van der Waals surface area contributed by atoms with Gasteiger partial charge < -0.3 is 0 Å². The van der Waals surface area contributed by atoms with Crippen LogP contribution in [0.2, 0.25) is 0 Å². The maximum atomic E-state index is 14.6. The highest BCUT2D eigenvalue weighted by Crippen LogP contribution is 2.50. The van der Waals surface area contributed by atoms with Crippen molar-refractivity contribution in [3.05, 3.63) is 35.4 Å². The van der Waals surface area contributed by atoms with Gasteiger partial charge in [0.1, 0.15) is 0 Å². The van der Waals surface area contributed by atoms with Crippen LogP contribution in [0.1, 0.15) is 167 Å². The summed E-state index contributed by atoms with van der Waals surface area (Å²) in [5, 5.41) is 9.18. The van der Waals surface area contributed by atoms with E-state index in [0.29, 0.717) is 23.0 Å². The van der Waals surface area contributed by atoms with Gasteiger partial charge in [-0.25, -0.2) is 10.0 Å². The van der Waals surface area contributed by atoms with Gasteiger partial charge in [0.2, 0.25) is 0 Å². The Morgan fingerprint density at radius 2 is 0.848 bits per heavy atom. The molecule has 46 heavy (non-hydrogen) atoms. The number of hydrogen-bond donors (Lipinski definition) is 0. The van der Waals surface area contributed by atoms with Crippen LogP contribution in [0.15, 0.2) is 24.3 Å². The fraction of sp³-hybridized carbons (Fsp3) is 0.800. The summed E-state index contributed by atoms with van der Waals surface area (Å²) in [5.74, 6) is 1.33. The molecule has 1 aromatic rings. The van der Waals surface area contributed by atoms with Gasteiger partial charge >= 0.3 is 0 Å². The third-order valence-electron chi connectivity index (χ3n) is 14.6. The molecule has 1 aromatic carbocycles. The van der Waals surface area contributed by atoms with Crippen LogP contribution in [-0.2, 0) is 0 Å².